The minimum Gasteiger partial charge on any atom is -0.388 e. The highest BCUT2D eigenvalue weighted by atomic mass is 35.5. The lowest BCUT2D eigenvalue weighted by Crippen LogP contribution is -2.05. The lowest BCUT2D eigenvalue weighted by atomic mass is 10.1. The smallest absolute Gasteiger partial charge is 0.165 e. The van der Waals surface area contributed by atoms with Gasteiger partial charge in [-0.15, -0.1) is 10.2 Å². The molecule has 0 aliphatic carbocycles. The summed E-state index contributed by atoms with van der Waals surface area (Å²) in [4.78, 5) is 0. The van der Waals surface area contributed by atoms with Gasteiger partial charge in [-0.1, -0.05) is 30.7 Å². The fraction of sp³-hybridized carbons (Fsp3) is 0.385. The molecule has 18 heavy (non-hydrogen) atoms. The van der Waals surface area contributed by atoms with Gasteiger partial charge in [-0.25, -0.2) is 0 Å². The fourth-order valence-corrected chi connectivity index (χ4v) is 2.14. The van der Waals surface area contributed by atoms with Crippen molar-refractivity contribution in [3.05, 3.63) is 34.6 Å². The van der Waals surface area contributed by atoms with E-state index in [1.807, 2.05) is 29.7 Å². The third-order valence-corrected chi connectivity index (χ3v) is 3.35. The summed E-state index contributed by atoms with van der Waals surface area (Å²) < 4.78 is 1.92. The molecule has 2 rings (SSSR count). The van der Waals surface area contributed by atoms with Gasteiger partial charge in [-0.05, 0) is 25.0 Å². The molecule has 0 bridgehead atoms. The van der Waals surface area contributed by atoms with E-state index in [1.54, 1.807) is 0 Å². The zero-order valence-electron chi connectivity index (χ0n) is 10.5. The Balaban J connectivity index is 2.56. The van der Waals surface area contributed by atoms with Gasteiger partial charge in [0.15, 0.2) is 11.6 Å². The van der Waals surface area contributed by atoms with Gasteiger partial charge in [0.1, 0.15) is 6.61 Å². The molecule has 0 atom stereocenters. The summed E-state index contributed by atoms with van der Waals surface area (Å²) in [5.74, 6) is 1.29. The van der Waals surface area contributed by atoms with E-state index in [-0.39, 0.29) is 6.61 Å². The van der Waals surface area contributed by atoms with E-state index < -0.39 is 0 Å². The van der Waals surface area contributed by atoms with Crippen LogP contribution in [0.15, 0.2) is 18.2 Å². The molecule has 1 aromatic heterocycles. The van der Waals surface area contributed by atoms with Crippen LogP contribution in [-0.2, 0) is 13.2 Å². The first-order valence-corrected chi connectivity index (χ1v) is 6.35. The van der Waals surface area contributed by atoms with E-state index in [0.29, 0.717) is 10.8 Å². The van der Waals surface area contributed by atoms with Gasteiger partial charge < -0.3 is 9.67 Å². The van der Waals surface area contributed by atoms with Crippen molar-refractivity contribution >= 4 is 11.6 Å². The SMILES string of the molecule is CCCn1c(CO)nnc1-c1cccc(C)c1Cl. The van der Waals surface area contributed by atoms with E-state index in [1.165, 1.54) is 0 Å². The molecule has 1 N–H and O–H groups in total. The first-order valence-electron chi connectivity index (χ1n) is 5.97. The number of hydrogen-bond acceptors (Lipinski definition) is 3. The summed E-state index contributed by atoms with van der Waals surface area (Å²) in [5.41, 5.74) is 1.86. The van der Waals surface area contributed by atoms with E-state index in [9.17, 15) is 5.11 Å². The topological polar surface area (TPSA) is 50.9 Å². The fourth-order valence-electron chi connectivity index (χ4n) is 1.93. The maximum atomic E-state index is 9.27. The Morgan fingerprint density at radius 3 is 2.78 bits per heavy atom. The Kier molecular flexibility index (Phi) is 3.99. The molecule has 0 aliphatic heterocycles. The second-order valence-electron chi connectivity index (χ2n) is 4.19. The number of aromatic nitrogens is 3. The van der Waals surface area contributed by atoms with Gasteiger partial charge in [0, 0.05) is 12.1 Å². The molecule has 0 spiro atoms. The first-order chi connectivity index (χ1) is 8.69. The Labute approximate surface area is 111 Å². The lowest BCUT2D eigenvalue weighted by molar-refractivity contribution is 0.264. The number of hydrogen-bond donors (Lipinski definition) is 1. The molecule has 2 aromatic rings. The third-order valence-electron chi connectivity index (χ3n) is 2.85. The van der Waals surface area contributed by atoms with Crippen molar-refractivity contribution in [2.75, 3.05) is 0 Å². The van der Waals surface area contributed by atoms with E-state index in [4.69, 9.17) is 11.6 Å². The standard InChI is InChI=1S/C13H16ClN3O/c1-3-7-17-11(8-18)15-16-13(17)10-6-4-5-9(2)12(10)14/h4-6,18H,3,7-8H2,1-2H3. The maximum Gasteiger partial charge on any atom is 0.165 e. The average Bonchev–Trinajstić information content (AvgIpc) is 2.76. The zero-order chi connectivity index (χ0) is 13.1. The summed E-state index contributed by atoms with van der Waals surface area (Å²) in [5, 5.41) is 18.1. The van der Waals surface area contributed by atoms with E-state index in [2.05, 4.69) is 17.1 Å². The van der Waals surface area contributed by atoms with Crippen molar-refractivity contribution < 1.29 is 5.11 Å². The molecule has 1 aromatic carbocycles. The van der Waals surface area contributed by atoms with Crippen LogP contribution in [0.1, 0.15) is 24.7 Å². The molecule has 0 radical (unpaired) electrons. The number of aryl methyl sites for hydroxylation is 1. The number of benzene rings is 1. The highest BCUT2D eigenvalue weighted by Gasteiger charge is 2.15. The molecule has 0 saturated carbocycles. The molecule has 0 unspecified atom stereocenters. The van der Waals surface area contributed by atoms with Crippen LogP contribution >= 0.6 is 11.6 Å². The van der Waals surface area contributed by atoms with Crippen LogP contribution in [0.2, 0.25) is 5.02 Å². The Morgan fingerprint density at radius 1 is 1.33 bits per heavy atom. The normalized spacial score (nSPS) is 10.9. The predicted molar refractivity (Wildman–Crippen MR) is 71.4 cm³/mol. The number of nitrogens with zero attached hydrogens (tertiary/aromatic N) is 3. The van der Waals surface area contributed by atoms with Gasteiger partial charge in [-0.3, -0.25) is 0 Å². The predicted octanol–water partition coefficient (Wildman–Crippen LogP) is 2.81. The average molecular weight is 266 g/mol. The van der Waals surface area contributed by atoms with Crippen LogP contribution in [0.3, 0.4) is 0 Å². The Bertz CT molecular complexity index is 551. The van der Waals surface area contributed by atoms with Gasteiger partial charge in [0.2, 0.25) is 0 Å². The molecule has 5 heteroatoms. The summed E-state index contributed by atoms with van der Waals surface area (Å²) in [6.45, 7) is 4.68. The molecule has 0 saturated heterocycles. The monoisotopic (exact) mass is 265 g/mol. The lowest BCUT2D eigenvalue weighted by Gasteiger charge is -2.10. The molecule has 0 fully saturated rings. The number of halogens is 1. The van der Waals surface area contributed by atoms with Crippen LogP contribution in [0.4, 0.5) is 0 Å². The molecule has 0 amide bonds. The van der Waals surface area contributed by atoms with Gasteiger partial charge in [0.25, 0.3) is 0 Å². The highest BCUT2D eigenvalue weighted by molar-refractivity contribution is 6.33. The molecular weight excluding hydrogens is 250 g/mol. The molecule has 1 heterocycles. The van der Waals surface area contributed by atoms with E-state index >= 15 is 0 Å². The van der Waals surface area contributed by atoms with Gasteiger partial charge >= 0.3 is 0 Å². The summed E-state index contributed by atoms with van der Waals surface area (Å²) in [6, 6.07) is 5.83. The third kappa shape index (κ3) is 2.26. The second kappa shape index (κ2) is 5.50. The largest absolute Gasteiger partial charge is 0.388 e. The summed E-state index contributed by atoms with van der Waals surface area (Å²) in [6.07, 6.45) is 0.946. The highest BCUT2D eigenvalue weighted by Crippen LogP contribution is 2.29. The number of rotatable bonds is 4. The zero-order valence-corrected chi connectivity index (χ0v) is 11.3. The van der Waals surface area contributed by atoms with Crippen molar-refractivity contribution in [1.29, 1.82) is 0 Å². The van der Waals surface area contributed by atoms with Crippen LogP contribution in [-0.4, -0.2) is 19.9 Å². The van der Waals surface area contributed by atoms with Crippen molar-refractivity contribution in [1.82, 2.24) is 14.8 Å². The molecule has 0 aliphatic rings. The van der Waals surface area contributed by atoms with Crippen LogP contribution in [0, 0.1) is 6.92 Å². The van der Waals surface area contributed by atoms with Gasteiger partial charge in [0.05, 0.1) is 5.02 Å². The first kappa shape index (κ1) is 13.1. The Hall–Kier alpha value is -1.39. The molecular formula is C13H16ClN3O. The minimum atomic E-state index is -0.115. The van der Waals surface area contributed by atoms with E-state index in [0.717, 1.165) is 29.9 Å². The van der Waals surface area contributed by atoms with Crippen molar-refractivity contribution in [2.24, 2.45) is 0 Å². The van der Waals surface area contributed by atoms with Crippen LogP contribution in [0.5, 0.6) is 0 Å². The summed E-state index contributed by atoms with van der Waals surface area (Å²) >= 11 is 6.31. The Morgan fingerprint density at radius 2 is 2.11 bits per heavy atom. The second-order valence-corrected chi connectivity index (χ2v) is 4.56. The van der Waals surface area contributed by atoms with Crippen LogP contribution < -0.4 is 0 Å². The summed E-state index contributed by atoms with van der Waals surface area (Å²) in [7, 11) is 0. The quantitative estimate of drug-likeness (QED) is 0.925. The van der Waals surface area contributed by atoms with Gasteiger partial charge in [-0.2, -0.15) is 0 Å². The number of aliphatic hydroxyl groups is 1. The van der Waals surface area contributed by atoms with Crippen LogP contribution in [0.25, 0.3) is 11.4 Å². The minimum absolute atomic E-state index is 0.115. The molecule has 96 valence electrons. The van der Waals surface area contributed by atoms with Crippen molar-refractivity contribution in [3.8, 4) is 11.4 Å². The molecule has 4 nitrogen and oxygen atoms in total. The van der Waals surface area contributed by atoms with Crippen molar-refractivity contribution in [3.63, 3.8) is 0 Å². The number of aliphatic hydroxyl groups excluding tert-OH is 1. The maximum absolute atomic E-state index is 9.27. The van der Waals surface area contributed by atoms with Crippen molar-refractivity contribution in [2.45, 2.75) is 33.4 Å².